The maximum absolute atomic E-state index is 13.9. The fraction of sp³-hybridized carbons (Fsp3) is 0.100. The van der Waals surface area contributed by atoms with Gasteiger partial charge in [-0.2, -0.15) is 9.78 Å². The van der Waals surface area contributed by atoms with Gasteiger partial charge in [0.2, 0.25) is 11.6 Å². The zero-order chi connectivity index (χ0) is 23.4. The predicted octanol–water partition coefficient (Wildman–Crippen LogP) is 2.85. The Morgan fingerprint density at radius 2 is 2.09 bits per heavy atom. The highest BCUT2D eigenvalue weighted by atomic mass is 35.5. The topological polar surface area (TPSA) is 146 Å². The summed E-state index contributed by atoms with van der Waals surface area (Å²) >= 11 is 5.96. The minimum Gasteiger partial charge on any atom is -0.494 e. The first-order chi connectivity index (χ1) is 16.0. The van der Waals surface area contributed by atoms with Crippen LogP contribution in [0, 0.1) is 5.82 Å². The second-order valence-corrected chi connectivity index (χ2v) is 6.87. The van der Waals surface area contributed by atoms with E-state index in [0.717, 1.165) is 6.21 Å². The van der Waals surface area contributed by atoms with Gasteiger partial charge in [0.1, 0.15) is 17.3 Å². The van der Waals surface area contributed by atoms with Crippen LogP contribution in [-0.4, -0.2) is 44.0 Å². The number of nitrogens with one attached hydrogen (secondary N) is 1. The Bertz CT molecular complexity index is 1300. The Morgan fingerprint density at radius 3 is 2.76 bits per heavy atom. The van der Waals surface area contributed by atoms with Crippen LogP contribution in [0.15, 0.2) is 52.2 Å². The molecule has 4 rings (SSSR count). The second-order valence-electron chi connectivity index (χ2n) is 6.46. The third kappa shape index (κ3) is 4.50. The number of rotatable bonds is 7. The summed E-state index contributed by atoms with van der Waals surface area (Å²) < 4.78 is 25.2. The van der Waals surface area contributed by atoms with Crippen LogP contribution in [0.1, 0.15) is 23.0 Å². The number of hydrazone groups is 1. The molecule has 0 fully saturated rings. The lowest BCUT2D eigenvalue weighted by Crippen LogP contribution is -2.19. The fourth-order valence-electron chi connectivity index (χ4n) is 2.90. The number of ether oxygens (including phenoxy) is 1. The Labute approximate surface area is 190 Å². The van der Waals surface area contributed by atoms with Crippen LogP contribution >= 0.6 is 11.6 Å². The average molecular weight is 471 g/mol. The van der Waals surface area contributed by atoms with E-state index in [2.05, 4.69) is 35.8 Å². The van der Waals surface area contributed by atoms with Crippen molar-refractivity contribution in [2.24, 2.45) is 5.10 Å². The van der Waals surface area contributed by atoms with Crippen LogP contribution in [0.4, 0.5) is 10.2 Å². The molecule has 11 nitrogen and oxygen atoms in total. The normalized spacial score (nSPS) is 11.1. The molecule has 4 aromatic rings. The number of carbonyl (C=O) groups is 1. The molecule has 0 bridgehead atoms. The van der Waals surface area contributed by atoms with Gasteiger partial charge in [0, 0.05) is 11.1 Å². The van der Waals surface area contributed by atoms with Crippen molar-refractivity contribution in [1.29, 1.82) is 0 Å². The molecule has 0 unspecified atom stereocenters. The summed E-state index contributed by atoms with van der Waals surface area (Å²) in [6, 6.07) is 11.0. The lowest BCUT2D eigenvalue weighted by molar-refractivity contribution is 0.0950. The van der Waals surface area contributed by atoms with Crippen LogP contribution in [0.25, 0.3) is 17.1 Å². The van der Waals surface area contributed by atoms with E-state index in [-0.39, 0.29) is 33.6 Å². The molecule has 33 heavy (non-hydrogen) atoms. The van der Waals surface area contributed by atoms with Gasteiger partial charge in [0.15, 0.2) is 5.69 Å². The van der Waals surface area contributed by atoms with Crippen LogP contribution < -0.4 is 15.9 Å². The van der Waals surface area contributed by atoms with E-state index >= 15 is 0 Å². The molecular weight excluding hydrogens is 455 g/mol. The van der Waals surface area contributed by atoms with Crippen LogP contribution in [0.3, 0.4) is 0 Å². The number of halogens is 2. The van der Waals surface area contributed by atoms with E-state index in [0.29, 0.717) is 17.9 Å². The molecule has 0 aliphatic rings. The van der Waals surface area contributed by atoms with Gasteiger partial charge in [-0.15, -0.1) is 5.10 Å². The van der Waals surface area contributed by atoms with Crippen molar-refractivity contribution in [2.45, 2.75) is 6.92 Å². The SMILES string of the molecule is CCOc1ccc(-c2c(C(=O)N/N=C\c3c(F)cccc3Cl)nnn2-c2nonc2N)cc1. The van der Waals surface area contributed by atoms with Crippen molar-refractivity contribution in [3.63, 3.8) is 0 Å². The van der Waals surface area contributed by atoms with E-state index in [9.17, 15) is 9.18 Å². The number of nitrogen functional groups attached to an aromatic ring is 1. The maximum atomic E-state index is 13.9. The molecule has 1 amide bonds. The fourth-order valence-corrected chi connectivity index (χ4v) is 3.11. The smallest absolute Gasteiger partial charge is 0.294 e. The number of hydrogen-bond acceptors (Lipinski definition) is 9. The summed E-state index contributed by atoms with van der Waals surface area (Å²) in [7, 11) is 0. The first-order valence-corrected chi connectivity index (χ1v) is 9.92. The maximum Gasteiger partial charge on any atom is 0.294 e. The number of hydrogen-bond donors (Lipinski definition) is 2. The van der Waals surface area contributed by atoms with Gasteiger partial charge in [0.05, 0.1) is 17.8 Å². The van der Waals surface area contributed by atoms with E-state index in [1.165, 1.54) is 22.9 Å². The van der Waals surface area contributed by atoms with Gasteiger partial charge in [-0.3, -0.25) is 4.79 Å². The molecule has 168 valence electrons. The molecular formula is C20H16ClFN8O3. The molecule has 0 saturated heterocycles. The number of anilines is 1. The van der Waals surface area contributed by atoms with Crippen LogP contribution in [0.5, 0.6) is 5.75 Å². The van der Waals surface area contributed by atoms with E-state index in [4.69, 9.17) is 22.1 Å². The average Bonchev–Trinajstić information content (AvgIpc) is 3.42. The molecule has 3 N–H and O–H groups in total. The molecule has 0 atom stereocenters. The molecule has 0 aliphatic carbocycles. The third-order valence-electron chi connectivity index (χ3n) is 4.38. The van der Waals surface area contributed by atoms with Crippen molar-refractivity contribution in [1.82, 2.24) is 30.7 Å². The largest absolute Gasteiger partial charge is 0.494 e. The number of benzene rings is 2. The molecule has 2 aromatic heterocycles. The van der Waals surface area contributed by atoms with Crippen molar-refractivity contribution in [3.8, 4) is 22.8 Å². The van der Waals surface area contributed by atoms with Gasteiger partial charge in [-0.05, 0) is 53.6 Å². The lowest BCUT2D eigenvalue weighted by atomic mass is 10.1. The van der Waals surface area contributed by atoms with Gasteiger partial charge in [0.25, 0.3) is 5.91 Å². The molecule has 13 heteroatoms. The number of amides is 1. The first-order valence-electron chi connectivity index (χ1n) is 9.54. The summed E-state index contributed by atoms with van der Waals surface area (Å²) in [4.78, 5) is 12.9. The predicted molar refractivity (Wildman–Crippen MR) is 117 cm³/mol. The zero-order valence-electron chi connectivity index (χ0n) is 17.1. The molecule has 2 aromatic carbocycles. The highest BCUT2D eigenvalue weighted by Crippen LogP contribution is 2.28. The Kier molecular flexibility index (Phi) is 6.26. The standard InChI is InChI=1S/C20H16ClFN8O3/c1-2-32-12-8-6-11(7-9-12)17-16(25-29-30(17)19-18(23)27-33-28-19)20(31)26-24-10-13-14(21)4-3-5-15(13)22/h3-10H,2H2,1H3,(H2,23,27)(H,26,31)/b24-10-. The summed E-state index contributed by atoms with van der Waals surface area (Å²) in [5.74, 6) is -0.669. The molecule has 0 spiro atoms. The lowest BCUT2D eigenvalue weighted by Gasteiger charge is -2.07. The summed E-state index contributed by atoms with van der Waals surface area (Å²) in [6.45, 7) is 2.36. The molecule has 2 heterocycles. The highest BCUT2D eigenvalue weighted by Gasteiger charge is 2.25. The van der Waals surface area contributed by atoms with Gasteiger partial charge in [-0.25, -0.2) is 14.4 Å². The van der Waals surface area contributed by atoms with Crippen LogP contribution in [-0.2, 0) is 0 Å². The monoisotopic (exact) mass is 470 g/mol. The number of carbonyl (C=O) groups excluding carboxylic acids is 1. The van der Waals surface area contributed by atoms with Gasteiger partial charge in [-0.1, -0.05) is 22.9 Å². The number of nitrogens with two attached hydrogens (primary N) is 1. The minimum absolute atomic E-state index is 0.0244. The van der Waals surface area contributed by atoms with E-state index in [1.54, 1.807) is 24.3 Å². The van der Waals surface area contributed by atoms with Crippen molar-refractivity contribution < 1.29 is 18.6 Å². The van der Waals surface area contributed by atoms with Gasteiger partial charge >= 0.3 is 0 Å². The summed E-state index contributed by atoms with van der Waals surface area (Å²) in [5, 5.41) is 19.1. The second kappa shape index (κ2) is 9.44. The van der Waals surface area contributed by atoms with E-state index in [1.807, 2.05) is 6.92 Å². The third-order valence-corrected chi connectivity index (χ3v) is 4.71. The molecule has 0 saturated carbocycles. The molecule has 0 aliphatic heterocycles. The quantitative estimate of drug-likeness (QED) is 0.309. The molecule has 0 radical (unpaired) electrons. The number of aromatic nitrogens is 5. The summed E-state index contributed by atoms with van der Waals surface area (Å²) in [5.41, 5.74) is 8.81. The zero-order valence-corrected chi connectivity index (χ0v) is 17.8. The Morgan fingerprint density at radius 1 is 1.30 bits per heavy atom. The Balaban J connectivity index is 1.69. The van der Waals surface area contributed by atoms with Crippen molar-refractivity contribution >= 4 is 29.5 Å². The highest BCUT2D eigenvalue weighted by molar-refractivity contribution is 6.33. The summed E-state index contributed by atoms with van der Waals surface area (Å²) in [6.07, 6.45) is 1.09. The van der Waals surface area contributed by atoms with Gasteiger partial charge < -0.3 is 10.5 Å². The number of nitrogens with zero attached hydrogens (tertiary/aromatic N) is 6. The van der Waals surface area contributed by atoms with Crippen molar-refractivity contribution in [3.05, 3.63) is 64.6 Å². The van der Waals surface area contributed by atoms with Crippen LogP contribution in [0.2, 0.25) is 5.02 Å². The van der Waals surface area contributed by atoms with E-state index < -0.39 is 11.7 Å². The minimum atomic E-state index is -0.719. The Hall–Kier alpha value is -4.32. The first kappa shape index (κ1) is 21.9. The van der Waals surface area contributed by atoms with Crippen molar-refractivity contribution in [2.75, 3.05) is 12.3 Å².